The second-order valence-electron chi connectivity index (χ2n) is 10.9. The van der Waals surface area contributed by atoms with Gasteiger partial charge in [0.05, 0.1) is 12.1 Å². The highest BCUT2D eigenvalue weighted by atomic mass is 16.6. The van der Waals surface area contributed by atoms with Crippen LogP contribution in [0.25, 0.3) is 0 Å². The minimum absolute atomic E-state index is 0.146. The molecule has 190 valence electrons. The molecule has 0 spiro atoms. The third-order valence-electron chi connectivity index (χ3n) is 5.65. The first-order valence-corrected chi connectivity index (χ1v) is 12.2. The van der Waals surface area contributed by atoms with Crippen molar-refractivity contribution < 1.29 is 19.1 Å². The first kappa shape index (κ1) is 26.5. The van der Waals surface area contributed by atoms with Crippen LogP contribution in [0.3, 0.4) is 0 Å². The highest BCUT2D eigenvalue weighted by molar-refractivity contribution is 5.69. The molecular formula is C28H39N3O4. The molecule has 2 unspecified atom stereocenters. The molecular weight excluding hydrogens is 442 g/mol. The van der Waals surface area contributed by atoms with Crippen molar-refractivity contribution in [2.75, 3.05) is 26.2 Å². The zero-order valence-electron chi connectivity index (χ0n) is 21.8. The Bertz CT molecular complexity index is 959. The van der Waals surface area contributed by atoms with Crippen molar-refractivity contribution >= 4 is 12.2 Å². The molecule has 7 heteroatoms. The number of carbonyl (C=O) groups is 2. The minimum Gasteiger partial charge on any atom is -0.444 e. The second kappa shape index (κ2) is 11.1. The predicted octanol–water partition coefficient (Wildman–Crippen LogP) is 5.55. The standard InChI is InChI=1S/C28H39N3O4/c1-27(2,3)34-25(32)29-23(21-13-9-7-10-14-21)24(22-15-11-8-12-16-22)30-17-19-31(20-18-30)26(33)35-28(4,5)6/h7-16,23-24H,17-20H2,1-6H3,(H,29,32). The molecule has 7 nitrogen and oxygen atoms in total. The van der Waals surface area contributed by atoms with Gasteiger partial charge in [0, 0.05) is 26.2 Å². The summed E-state index contributed by atoms with van der Waals surface area (Å²) in [5, 5.41) is 3.14. The van der Waals surface area contributed by atoms with Gasteiger partial charge in [-0.1, -0.05) is 60.7 Å². The van der Waals surface area contributed by atoms with Crippen LogP contribution in [0.5, 0.6) is 0 Å². The molecule has 0 saturated carbocycles. The maximum atomic E-state index is 12.9. The predicted molar refractivity (Wildman–Crippen MR) is 137 cm³/mol. The van der Waals surface area contributed by atoms with Crippen LogP contribution in [-0.4, -0.2) is 59.4 Å². The molecule has 2 amide bonds. The molecule has 35 heavy (non-hydrogen) atoms. The van der Waals surface area contributed by atoms with Crippen LogP contribution in [0, 0.1) is 0 Å². The Morgan fingerprint density at radius 2 is 1.23 bits per heavy atom. The Morgan fingerprint density at radius 3 is 1.71 bits per heavy atom. The topological polar surface area (TPSA) is 71.1 Å². The van der Waals surface area contributed by atoms with Crippen LogP contribution >= 0.6 is 0 Å². The van der Waals surface area contributed by atoms with Gasteiger partial charge in [-0.15, -0.1) is 0 Å². The molecule has 1 aliphatic rings. The number of hydrogen-bond donors (Lipinski definition) is 1. The number of hydrogen-bond acceptors (Lipinski definition) is 5. The van der Waals surface area contributed by atoms with Gasteiger partial charge in [0.2, 0.25) is 0 Å². The van der Waals surface area contributed by atoms with Gasteiger partial charge in [-0.25, -0.2) is 9.59 Å². The molecule has 1 fully saturated rings. The number of amides is 2. The quantitative estimate of drug-likeness (QED) is 0.607. The maximum absolute atomic E-state index is 12.9. The van der Waals surface area contributed by atoms with Gasteiger partial charge in [-0.05, 0) is 52.7 Å². The fourth-order valence-corrected chi connectivity index (χ4v) is 4.21. The average molecular weight is 482 g/mol. The van der Waals surface area contributed by atoms with Crippen molar-refractivity contribution in [3.8, 4) is 0 Å². The molecule has 1 aliphatic heterocycles. The van der Waals surface area contributed by atoms with Crippen molar-refractivity contribution in [1.82, 2.24) is 15.1 Å². The summed E-state index contributed by atoms with van der Waals surface area (Å²) in [6.45, 7) is 13.6. The zero-order valence-corrected chi connectivity index (χ0v) is 21.8. The largest absolute Gasteiger partial charge is 0.444 e. The first-order valence-electron chi connectivity index (χ1n) is 12.2. The van der Waals surface area contributed by atoms with E-state index >= 15 is 0 Å². The Labute approximate surface area is 209 Å². The minimum atomic E-state index is -0.605. The van der Waals surface area contributed by atoms with E-state index in [-0.39, 0.29) is 18.2 Å². The number of ether oxygens (including phenoxy) is 2. The number of benzene rings is 2. The Hall–Kier alpha value is -3.06. The van der Waals surface area contributed by atoms with Crippen molar-refractivity contribution in [1.29, 1.82) is 0 Å². The zero-order chi connectivity index (χ0) is 25.6. The summed E-state index contributed by atoms with van der Waals surface area (Å²) in [5.41, 5.74) is 0.938. The summed E-state index contributed by atoms with van der Waals surface area (Å²) in [5.74, 6) is 0. The molecule has 2 aromatic carbocycles. The highest BCUT2D eigenvalue weighted by Gasteiger charge is 2.36. The molecule has 0 aliphatic carbocycles. The monoisotopic (exact) mass is 481 g/mol. The van der Waals surface area contributed by atoms with E-state index in [0.717, 1.165) is 11.1 Å². The number of nitrogens with one attached hydrogen (secondary N) is 1. The lowest BCUT2D eigenvalue weighted by molar-refractivity contribution is 0.00708. The molecule has 2 atom stereocenters. The summed E-state index contributed by atoms with van der Waals surface area (Å²) in [6.07, 6.45) is -0.750. The molecule has 2 aromatic rings. The van der Waals surface area contributed by atoms with Crippen LogP contribution in [-0.2, 0) is 9.47 Å². The lowest BCUT2D eigenvalue weighted by Crippen LogP contribution is -2.53. The summed E-state index contributed by atoms with van der Waals surface area (Å²) in [6, 6.07) is 19.6. The Balaban J connectivity index is 1.88. The third-order valence-corrected chi connectivity index (χ3v) is 5.65. The van der Waals surface area contributed by atoms with E-state index in [9.17, 15) is 9.59 Å². The normalized spacial score (nSPS) is 16.8. The molecule has 1 N–H and O–H groups in total. The molecule has 1 heterocycles. The van der Waals surface area contributed by atoms with Crippen molar-refractivity contribution in [2.24, 2.45) is 0 Å². The number of carbonyl (C=O) groups excluding carboxylic acids is 2. The van der Waals surface area contributed by atoms with Gasteiger partial charge in [-0.2, -0.15) is 0 Å². The van der Waals surface area contributed by atoms with Crippen molar-refractivity contribution in [3.63, 3.8) is 0 Å². The van der Waals surface area contributed by atoms with E-state index in [2.05, 4.69) is 22.3 Å². The number of nitrogens with zero attached hydrogens (tertiary/aromatic N) is 2. The van der Waals surface area contributed by atoms with E-state index in [0.29, 0.717) is 26.2 Å². The van der Waals surface area contributed by atoms with E-state index in [1.54, 1.807) is 4.90 Å². The molecule has 1 saturated heterocycles. The van der Waals surface area contributed by atoms with Crippen molar-refractivity contribution in [2.45, 2.75) is 64.8 Å². The van der Waals surface area contributed by atoms with Crippen LogP contribution in [0.1, 0.15) is 64.8 Å². The third kappa shape index (κ3) is 7.99. The lowest BCUT2D eigenvalue weighted by atomic mass is 9.91. The summed E-state index contributed by atoms with van der Waals surface area (Å²) in [7, 11) is 0. The average Bonchev–Trinajstić information content (AvgIpc) is 2.78. The first-order chi connectivity index (χ1) is 16.4. The highest BCUT2D eigenvalue weighted by Crippen LogP contribution is 2.35. The molecule has 0 radical (unpaired) electrons. The SMILES string of the molecule is CC(C)(C)OC(=O)NC(c1ccccc1)C(c1ccccc1)N1CCN(C(=O)OC(C)(C)C)CC1. The van der Waals surface area contributed by atoms with Gasteiger partial charge >= 0.3 is 12.2 Å². The van der Waals surface area contributed by atoms with E-state index in [1.165, 1.54) is 0 Å². The number of rotatable bonds is 5. The van der Waals surface area contributed by atoms with Crippen LogP contribution in [0.15, 0.2) is 60.7 Å². The number of piperazine rings is 1. The van der Waals surface area contributed by atoms with Gasteiger partial charge in [0.1, 0.15) is 11.2 Å². The van der Waals surface area contributed by atoms with Crippen molar-refractivity contribution in [3.05, 3.63) is 71.8 Å². The summed E-state index contributed by atoms with van der Waals surface area (Å²) >= 11 is 0. The molecule has 0 aromatic heterocycles. The Morgan fingerprint density at radius 1 is 0.743 bits per heavy atom. The van der Waals surface area contributed by atoms with Gasteiger partial charge in [-0.3, -0.25) is 4.90 Å². The summed E-state index contributed by atoms with van der Waals surface area (Å²) in [4.78, 5) is 29.6. The number of alkyl carbamates (subject to hydrolysis) is 1. The van der Waals surface area contributed by atoms with E-state index in [1.807, 2.05) is 90.1 Å². The van der Waals surface area contributed by atoms with Gasteiger partial charge in [0.15, 0.2) is 0 Å². The van der Waals surface area contributed by atoms with Gasteiger partial charge < -0.3 is 19.7 Å². The fraction of sp³-hybridized carbons (Fsp3) is 0.500. The molecule has 3 rings (SSSR count). The smallest absolute Gasteiger partial charge is 0.410 e. The maximum Gasteiger partial charge on any atom is 0.410 e. The van der Waals surface area contributed by atoms with E-state index < -0.39 is 17.3 Å². The molecule has 0 bridgehead atoms. The fourth-order valence-electron chi connectivity index (χ4n) is 4.21. The van der Waals surface area contributed by atoms with Crippen LogP contribution in [0.2, 0.25) is 0 Å². The van der Waals surface area contributed by atoms with E-state index in [4.69, 9.17) is 9.47 Å². The van der Waals surface area contributed by atoms with Crippen LogP contribution in [0.4, 0.5) is 9.59 Å². The lowest BCUT2D eigenvalue weighted by Gasteiger charge is -2.43. The summed E-state index contributed by atoms with van der Waals surface area (Å²) < 4.78 is 11.2. The van der Waals surface area contributed by atoms with Gasteiger partial charge in [0.25, 0.3) is 0 Å². The second-order valence-corrected chi connectivity index (χ2v) is 10.9. The van der Waals surface area contributed by atoms with Crippen LogP contribution < -0.4 is 5.32 Å². The Kier molecular flexibility index (Phi) is 8.43.